The molecule has 0 atom stereocenters. The molecule has 15 heavy (non-hydrogen) atoms. The Kier molecular flexibility index (Phi) is 3.15. The van der Waals surface area contributed by atoms with E-state index in [4.69, 9.17) is 4.42 Å². The number of rotatable bonds is 4. The second kappa shape index (κ2) is 4.75. The van der Waals surface area contributed by atoms with Crippen LogP contribution < -0.4 is 5.32 Å². The normalized spacial score (nSPS) is 10.5. The quantitative estimate of drug-likeness (QED) is 0.826. The van der Waals surface area contributed by atoms with E-state index in [0.717, 1.165) is 24.5 Å². The number of aromatic nitrogens is 1. The molecule has 2 rings (SSSR count). The van der Waals surface area contributed by atoms with Gasteiger partial charge in [0.25, 0.3) is 0 Å². The highest BCUT2D eigenvalue weighted by molar-refractivity contribution is 5.14. The molecule has 0 aliphatic carbocycles. The second-order valence-electron chi connectivity index (χ2n) is 3.45. The van der Waals surface area contributed by atoms with Crippen molar-refractivity contribution in [1.82, 2.24) is 10.3 Å². The van der Waals surface area contributed by atoms with Gasteiger partial charge in [-0.25, -0.2) is 4.98 Å². The lowest BCUT2D eigenvalue weighted by molar-refractivity contribution is 0.477. The number of benzene rings is 1. The van der Waals surface area contributed by atoms with Crippen LogP contribution >= 0.6 is 0 Å². The molecule has 0 amide bonds. The summed E-state index contributed by atoms with van der Waals surface area (Å²) in [5.74, 6) is 0.908. The van der Waals surface area contributed by atoms with Crippen LogP contribution in [0.15, 0.2) is 41.1 Å². The maximum Gasteiger partial charge on any atom is 0.181 e. The molecule has 1 aromatic heterocycles. The van der Waals surface area contributed by atoms with Gasteiger partial charge in [0, 0.05) is 6.54 Å². The van der Waals surface area contributed by atoms with Gasteiger partial charge in [0.15, 0.2) is 6.39 Å². The van der Waals surface area contributed by atoms with Crippen molar-refractivity contribution >= 4 is 0 Å². The van der Waals surface area contributed by atoms with Gasteiger partial charge in [-0.1, -0.05) is 30.3 Å². The van der Waals surface area contributed by atoms with Crippen LogP contribution in [0, 0.1) is 6.92 Å². The van der Waals surface area contributed by atoms with E-state index in [1.54, 1.807) is 0 Å². The van der Waals surface area contributed by atoms with E-state index in [9.17, 15) is 0 Å². The number of hydrogen-bond donors (Lipinski definition) is 1. The Bertz CT molecular complexity index is 409. The van der Waals surface area contributed by atoms with Gasteiger partial charge >= 0.3 is 0 Å². The van der Waals surface area contributed by atoms with E-state index < -0.39 is 0 Å². The summed E-state index contributed by atoms with van der Waals surface area (Å²) in [6.07, 6.45) is 1.48. The summed E-state index contributed by atoms with van der Waals surface area (Å²) < 4.78 is 5.23. The first-order valence-electron chi connectivity index (χ1n) is 5.00. The summed E-state index contributed by atoms with van der Waals surface area (Å²) in [6, 6.07) is 10.3. The van der Waals surface area contributed by atoms with Crippen molar-refractivity contribution in [2.75, 3.05) is 0 Å². The molecule has 3 nitrogen and oxygen atoms in total. The maximum atomic E-state index is 5.23. The van der Waals surface area contributed by atoms with Crippen LogP contribution in [0.3, 0.4) is 0 Å². The zero-order valence-corrected chi connectivity index (χ0v) is 8.73. The van der Waals surface area contributed by atoms with Gasteiger partial charge in [0.05, 0.1) is 12.2 Å². The Labute approximate surface area is 89.1 Å². The standard InChI is InChI=1S/C12H14N2O/c1-10-12(15-9-14-10)8-13-7-11-5-3-2-4-6-11/h2-6,9,13H,7-8H2,1H3. The highest BCUT2D eigenvalue weighted by Crippen LogP contribution is 2.04. The summed E-state index contributed by atoms with van der Waals surface area (Å²) in [6.45, 7) is 3.52. The molecule has 1 aromatic carbocycles. The van der Waals surface area contributed by atoms with Crippen LogP contribution in [0.5, 0.6) is 0 Å². The molecule has 0 unspecified atom stereocenters. The third-order valence-corrected chi connectivity index (χ3v) is 2.30. The fraction of sp³-hybridized carbons (Fsp3) is 0.250. The third kappa shape index (κ3) is 2.67. The first-order valence-corrected chi connectivity index (χ1v) is 5.00. The summed E-state index contributed by atoms with van der Waals surface area (Å²) >= 11 is 0. The minimum Gasteiger partial charge on any atom is -0.447 e. The molecule has 0 saturated heterocycles. The molecule has 0 spiro atoms. The SMILES string of the molecule is Cc1ncoc1CNCc1ccccc1. The Balaban J connectivity index is 1.83. The molecule has 0 saturated carbocycles. The topological polar surface area (TPSA) is 38.1 Å². The smallest absolute Gasteiger partial charge is 0.181 e. The molecular weight excluding hydrogens is 188 g/mol. The lowest BCUT2D eigenvalue weighted by atomic mass is 10.2. The Morgan fingerprint density at radius 3 is 2.67 bits per heavy atom. The van der Waals surface area contributed by atoms with Crippen LogP contribution in [0.4, 0.5) is 0 Å². The molecule has 1 heterocycles. The fourth-order valence-corrected chi connectivity index (χ4v) is 1.41. The monoisotopic (exact) mass is 202 g/mol. The fourth-order valence-electron chi connectivity index (χ4n) is 1.41. The van der Waals surface area contributed by atoms with Crippen molar-refractivity contribution in [2.45, 2.75) is 20.0 Å². The van der Waals surface area contributed by atoms with Crippen molar-refractivity contribution in [2.24, 2.45) is 0 Å². The highest BCUT2D eigenvalue weighted by atomic mass is 16.3. The largest absolute Gasteiger partial charge is 0.447 e. The second-order valence-corrected chi connectivity index (χ2v) is 3.45. The van der Waals surface area contributed by atoms with Gasteiger partial charge in [0.1, 0.15) is 5.76 Å². The van der Waals surface area contributed by atoms with Crippen molar-refractivity contribution in [3.63, 3.8) is 0 Å². The van der Waals surface area contributed by atoms with Crippen LogP contribution in [0.25, 0.3) is 0 Å². The van der Waals surface area contributed by atoms with Crippen molar-refractivity contribution in [3.05, 3.63) is 53.7 Å². The molecule has 1 N–H and O–H groups in total. The molecule has 78 valence electrons. The molecular formula is C12H14N2O. The number of nitrogens with zero attached hydrogens (tertiary/aromatic N) is 1. The highest BCUT2D eigenvalue weighted by Gasteiger charge is 2.01. The molecule has 2 aromatic rings. The first kappa shape index (κ1) is 9.93. The predicted molar refractivity (Wildman–Crippen MR) is 58.2 cm³/mol. The molecule has 0 radical (unpaired) electrons. The van der Waals surface area contributed by atoms with Crippen LogP contribution in [0.1, 0.15) is 17.0 Å². The molecule has 3 heteroatoms. The number of nitrogens with one attached hydrogen (secondary N) is 1. The van der Waals surface area contributed by atoms with Crippen molar-refractivity contribution in [3.8, 4) is 0 Å². The van der Waals surface area contributed by atoms with E-state index in [2.05, 4.69) is 22.4 Å². The summed E-state index contributed by atoms with van der Waals surface area (Å²) in [5, 5.41) is 3.31. The van der Waals surface area contributed by atoms with Crippen molar-refractivity contribution in [1.29, 1.82) is 0 Å². The average Bonchev–Trinajstić information content (AvgIpc) is 2.66. The van der Waals surface area contributed by atoms with E-state index in [0.29, 0.717) is 0 Å². The lowest BCUT2D eigenvalue weighted by Crippen LogP contribution is -2.12. The number of aryl methyl sites for hydroxylation is 1. The molecule has 0 aliphatic heterocycles. The maximum absolute atomic E-state index is 5.23. The van der Waals surface area contributed by atoms with E-state index in [1.165, 1.54) is 12.0 Å². The minimum absolute atomic E-state index is 0.723. The zero-order valence-electron chi connectivity index (χ0n) is 8.73. The Morgan fingerprint density at radius 1 is 1.20 bits per heavy atom. The summed E-state index contributed by atoms with van der Waals surface area (Å²) in [5.41, 5.74) is 2.23. The third-order valence-electron chi connectivity index (χ3n) is 2.30. The average molecular weight is 202 g/mol. The van der Waals surface area contributed by atoms with E-state index in [1.807, 2.05) is 25.1 Å². The predicted octanol–water partition coefficient (Wildman–Crippen LogP) is 2.27. The Hall–Kier alpha value is -1.61. The summed E-state index contributed by atoms with van der Waals surface area (Å²) in [7, 11) is 0. The van der Waals surface area contributed by atoms with Gasteiger partial charge in [-0.05, 0) is 12.5 Å². The van der Waals surface area contributed by atoms with Gasteiger partial charge in [-0.2, -0.15) is 0 Å². The van der Waals surface area contributed by atoms with Gasteiger partial charge < -0.3 is 9.73 Å². The summed E-state index contributed by atoms with van der Waals surface area (Å²) in [4.78, 5) is 4.04. The molecule has 0 bridgehead atoms. The van der Waals surface area contributed by atoms with Gasteiger partial charge in [0.2, 0.25) is 0 Å². The molecule has 0 fully saturated rings. The van der Waals surface area contributed by atoms with Crippen LogP contribution in [0.2, 0.25) is 0 Å². The minimum atomic E-state index is 0.723. The number of hydrogen-bond acceptors (Lipinski definition) is 3. The Morgan fingerprint density at radius 2 is 2.00 bits per heavy atom. The first-order chi connectivity index (χ1) is 7.36. The van der Waals surface area contributed by atoms with Gasteiger partial charge in [-0.3, -0.25) is 0 Å². The van der Waals surface area contributed by atoms with Gasteiger partial charge in [-0.15, -0.1) is 0 Å². The van der Waals surface area contributed by atoms with Crippen LogP contribution in [-0.4, -0.2) is 4.98 Å². The zero-order chi connectivity index (χ0) is 10.5. The van der Waals surface area contributed by atoms with Crippen molar-refractivity contribution < 1.29 is 4.42 Å². The van der Waals surface area contributed by atoms with Crippen LogP contribution in [-0.2, 0) is 13.1 Å². The lowest BCUT2D eigenvalue weighted by Gasteiger charge is -2.02. The van der Waals surface area contributed by atoms with E-state index in [-0.39, 0.29) is 0 Å². The van der Waals surface area contributed by atoms with E-state index >= 15 is 0 Å². The molecule has 0 aliphatic rings. The number of oxazole rings is 1.